The van der Waals surface area contributed by atoms with Gasteiger partial charge in [0.2, 0.25) is 5.91 Å². The number of pyridine rings is 1. The van der Waals surface area contributed by atoms with Gasteiger partial charge in [0, 0.05) is 41.4 Å². The average molecular weight is 388 g/mol. The number of anilines is 4. The molecule has 3 aromatic rings. The lowest BCUT2D eigenvalue weighted by molar-refractivity contribution is -0.114. The van der Waals surface area contributed by atoms with Gasteiger partial charge >= 0.3 is 0 Å². The van der Waals surface area contributed by atoms with Crippen molar-refractivity contribution in [3.8, 4) is 0 Å². The first-order valence-corrected chi connectivity index (χ1v) is 8.94. The number of benzene rings is 2. The lowest BCUT2D eigenvalue weighted by Gasteiger charge is -2.10. The van der Waals surface area contributed by atoms with E-state index in [2.05, 4.69) is 20.9 Å². The first kappa shape index (κ1) is 19.8. The Kier molecular flexibility index (Phi) is 5.99. The monoisotopic (exact) mass is 388 g/mol. The zero-order valence-electron chi connectivity index (χ0n) is 16.0. The summed E-state index contributed by atoms with van der Waals surface area (Å²) in [6.07, 6.45) is 1.54. The minimum atomic E-state index is -0.365. The van der Waals surface area contributed by atoms with Gasteiger partial charge in [-0.1, -0.05) is 6.07 Å². The fourth-order valence-corrected chi connectivity index (χ4v) is 2.66. The number of nitrogens with one attached hydrogen (secondary N) is 3. The summed E-state index contributed by atoms with van der Waals surface area (Å²) in [4.78, 5) is 39.2. The maximum Gasteiger partial charge on any atom is 0.274 e. The average Bonchev–Trinajstić information content (AvgIpc) is 2.68. The first-order valence-electron chi connectivity index (χ1n) is 8.94. The molecule has 3 rings (SSSR count). The van der Waals surface area contributed by atoms with Crippen LogP contribution in [0.15, 0.2) is 66.9 Å². The molecular formula is C22H20N4O3. The molecule has 146 valence electrons. The molecule has 1 heterocycles. The second kappa shape index (κ2) is 8.79. The van der Waals surface area contributed by atoms with Crippen molar-refractivity contribution in [2.45, 2.75) is 13.8 Å². The number of amides is 2. The lowest BCUT2D eigenvalue weighted by atomic mass is 10.1. The van der Waals surface area contributed by atoms with Crippen LogP contribution in [0.5, 0.6) is 0 Å². The zero-order chi connectivity index (χ0) is 20.8. The van der Waals surface area contributed by atoms with Crippen LogP contribution in [0.3, 0.4) is 0 Å². The van der Waals surface area contributed by atoms with Crippen LogP contribution in [0.25, 0.3) is 0 Å². The third-order valence-corrected chi connectivity index (χ3v) is 4.01. The van der Waals surface area contributed by atoms with Gasteiger partial charge in [-0.15, -0.1) is 0 Å². The molecule has 29 heavy (non-hydrogen) atoms. The lowest BCUT2D eigenvalue weighted by Crippen LogP contribution is -2.14. The molecule has 0 aliphatic heterocycles. The van der Waals surface area contributed by atoms with E-state index in [4.69, 9.17) is 0 Å². The third-order valence-electron chi connectivity index (χ3n) is 4.01. The van der Waals surface area contributed by atoms with E-state index in [9.17, 15) is 14.4 Å². The molecule has 0 saturated carbocycles. The number of Topliss-reactive ketones (excluding diaryl/α,β-unsaturated/α-hetero) is 1. The minimum absolute atomic E-state index is 0.0362. The van der Waals surface area contributed by atoms with Crippen LogP contribution < -0.4 is 16.0 Å². The normalized spacial score (nSPS) is 10.1. The summed E-state index contributed by atoms with van der Waals surface area (Å²) in [5.41, 5.74) is 3.50. The van der Waals surface area contributed by atoms with Crippen LogP contribution >= 0.6 is 0 Å². The van der Waals surface area contributed by atoms with Crippen LogP contribution in [-0.2, 0) is 4.79 Å². The van der Waals surface area contributed by atoms with Crippen molar-refractivity contribution in [3.63, 3.8) is 0 Å². The largest absolute Gasteiger partial charge is 0.355 e. The first-order chi connectivity index (χ1) is 13.9. The highest BCUT2D eigenvalue weighted by atomic mass is 16.2. The topological polar surface area (TPSA) is 100 Å². The molecule has 0 aliphatic rings. The molecular weight excluding hydrogens is 368 g/mol. The molecule has 0 aliphatic carbocycles. The number of carbonyl (C=O) groups excluding carboxylic acids is 3. The summed E-state index contributed by atoms with van der Waals surface area (Å²) in [5, 5.41) is 8.67. The number of carbonyl (C=O) groups is 3. The smallest absolute Gasteiger partial charge is 0.274 e. The van der Waals surface area contributed by atoms with Gasteiger partial charge in [0.15, 0.2) is 5.78 Å². The second-order valence-corrected chi connectivity index (χ2v) is 6.40. The van der Waals surface area contributed by atoms with Crippen molar-refractivity contribution in [3.05, 3.63) is 78.1 Å². The van der Waals surface area contributed by atoms with Gasteiger partial charge in [-0.3, -0.25) is 19.4 Å². The highest BCUT2D eigenvalue weighted by Crippen LogP contribution is 2.21. The van der Waals surface area contributed by atoms with Crippen LogP contribution in [-0.4, -0.2) is 22.6 Å². The van der Waals surface area contributed by atoms with Gasteiger partial charge in [0.05, 0.1) is 0 Å². The second-order valence-electron chi connectivity index (χ2n) is 6.40. The number of hydrogen-bond donors (Lipinski definition) is 3. The number of ketones is 1. The Balaban J connectivity index is 1.71. The van der Waals surface area contributed by atoms with E-state index in [1.807, 2.05) is 12.1 Å². The quantitative estimate of drug-likeness (QED) is 0.549. The highest BCUT2D eigenvalue weighted by molar-refractivity contribution is 6.03. The summed E-state index contributed by atoms with van der Waals surface area (Å²) >= 11 is 0. The predicted molar refractivity (Wildman–Crippen MR) is 113 cm³/mol. The summed E-state index contributed by atoms with van der Waals surface area (Å²) in [6.45, 7) is 2.93. The van der Waals surface area contributed by atoms with E-state index in [-0.39, 0.29) is 23.3 Å². The van der Waals surface area contributed by atoms with E-state index in [1.165, 1.54) is 20.0 Å². The minimum Gasteiger partial charge on any atom is -0.355 e. The van der Waals surface area contributed by atoms with Crippen LogP contribution in [0, 0.1) is 0 Å². The molecule has 0 spiro atoms. The Labute approximate surface area is 168 Å². The van der Waals surface area contributed by atoms with Crippen LogP contribution in [0.4, 0.5) is 22.7 Å². The van der Waals surface area contributed by atoms with Gasteiger partial charge in [-0.2, -0.15) is 0 Å². The van der Waals surface area contributed by atoms with Crippen molar-refractivity contribution >= 4 is 40.3 Å². The fourth-order valence-electron chi connectivity index (χ4n) is 2.66. The molecule has 0 atom stereocenters. The Hall–Kier alpha value is -4.00. The Bertz CT molecular complexity index is 1060. The summed E-state index contributed by atoms with van der Waals surface area (Å²) in [7, 11) is 0. The molecule has 0 bridgehead atoms. The summed E-state index contributed by atoms with van der Waals surface area (Å²) in [5.74, 6) is -0.552. The summed E-state index contributed by atoms with van der Waals surface area (Å²) < 4.78 is 0. The number of rotatable bonds is 6. The Morgan fingerprint density at radius 3 is 2.14 bits per heavy atom. The molecule has 2 aromatic carbocycles. The van der Waals surface area contributed by atoms with E-state index in [0.717, 1.165) is 5.69 Å². The molecule has 0 unspecified atom stereocenters. The number of nitrogens with zero attached hydrogens (tertiary/aromatic N) is 1. The maximum atomic E-state index is 12.5. The van der Waals surface area contributed by atoms with Crippen LogP contribution in [0.1, 0.15) is 34.7 Å². The zero-order valence-corrected chi connectivity index (χ0v) is 16.0. The molecule has 7 nitrogen and oxygen atoms in total. The molecule has 0 radical (unpaired) electrons. The van der Waals surface area contributed by atoms with E-state index in [0.29, 0.717) is 22.6 Å². The van der Waals surface area contributed by atoms with Crippen molar-refractivity contribution in [2.75, 3.05) is 16.0 Å². The van der Waals surface area contributed by atoms with Crippen molar-refractivity contribution in [1.82, 2.24) is 4.98 Å². The molecule has 3 N–H and O–H groups in total. The molecule has 2 amide bonds. The van der Waals surface area contributed by atoms with E-state index in [1.54, 1.807) is 48.5 Å². The van der Waals surface area contributed by atoms with Gasteiger partial charge in [-0.05, 0) is 61.5 Å². The van der Waals surface area contributed by atoms with E-state index < -0.39 is 0 Å². The van der Waals surface area contributed by atoms with Gasteiger partial charge in [-0.25, -0.2) is 0 Å². The van der Waals surface area contributed by atoms with Gasteiger partial charge in [0.25, 0.3) is 5.91 Å². The van der Waals surface area contributed by atoms with Gasteiger partial charge in [0.1, 0.15) is 5.69 Å². The van der Waals surface area contributed by atoms with Crippen molar-refractivity contribution < 1.29 is 14.4 Å². The fraction of sp³-hybridized carbons (Fsp3) is 0.0909. The molecule has 0 fully saturated rings. The Morgan fingerprint density at radius 1 is 0.759 bits per heavy atom. The van der Waals surface area contributed by atoms with Crippen LogP contribution in [0.2, 0.25) is 0 Å². The molecule has 7 heteroatoms. The maximum absolute atomic E-state index is 12.5. The Morgan fingerprint density at radius 2 is 1.45 bits per heavy atom. The van der Waals surface area contributed by atoms with E-state index >= 15 is 0 Å². The highest BCUT2D eigenvalue weighted by Gasteiger charge is 2.09. The van der Waals surface area contributed by atoms with Crippen molar-refractivity contribution in [2.24, 2.45) is 0 Å². The number of aromatic nitrogens is 1. The standard InChI is InChI=1S/C22H20N4O3/c1-14(27)16-6-8-17(9-7-16)26-22(29)21-13-20(10-11-23-21)25-19-5-3-4-18(12-19)24-15(2)28/h3-13H,1-2H3,(H,23,25)(H,24,28)(H,26,29). The summed E-state index contributed by atoms with van der Waals surface area (Å²) in [6, 6.07) is 17.3. The molecule has 1 aromatic heterocycles. The molecule has 0 saturated heterocycles. The number of hydrogen-bond acceptors (Lipinski definition) is 5. The SMILES string of the molecule is CC(=O)Nc1cccc(Nc2ccnc(C(=O)Nc3ccc(C(C)=O)cc3)c2)c1. The predicted octanol–water partition coefficient (Wildman–Crippen LogP) is 4.24. The van der Waals surface area contributed by atoms with Crippen molar-refractivity contribution in [1.29, 1.82) is 0 Å². The third kappa shape index (κ3) is 5.49. The van der Waals surface area contributed by atoms with Gasteiger partial charge < -0.3 is 16.0 Å².